The van der Waals surface area contributed by atoms with Crippen LogP contribution in [-0.2, 0) is 0 Å². The lowest BCUT2D eigenvalue weighted by Crippen LogP contribution is -2.15. The van der Waals surface area contributed by atoms with E-state index >= 15 is 0 Å². The predicted molar refractivity (Wildman–Crippen MR) is 73.3 cm³/mol. The van der Waals surface area contributed by atoms with Gasteiger partial charge in [0.2, 0.25) is 0 Å². The molecule has 0 spiro atoms. The highest BCUT2D eigenvalue weighted by Crippen LogP contribution is 2.25. The number of nitrogens with zero attached hydrogens (tertiary/aromatic N) is 1. The standard InChI is InChI=1S/C14H14BrN/c1-2-16(13-6-4-3-5-7-13)14-10-8-12(15)9-11-14/h3-11H,2H2,1H3. The third kappa shape index (κ3) is 2.45. The number of halogens is 1. The van der Waals surface area contributed by atoms with Gasteiger partial charge < -0.3 is 4.90 Å². The summed E-state index contributed by atoms with van der Waals surface area (Å²) in [5, 5.41) is 0. The minimum atomic E-state index is 0.964. The van der Waals surface area contributed by atoms with Gasteiger partial charge in [-0.25, -0.2) is 0 Å². The Morgan fingerprint density at radius 1 is 0.875 bits per heavy atom. The van der Waals surface area contributed by atoms with Crippen LogP contribution in [0.5, 0.6) is 0 Å². The van der Waals surface area contributed by atoms with E-state index in [2.05, 4.69) is 76.3 Å². The molecule has 2 heteroatoms. The highest BCUT2D eigenvalue weighted by atomic mass is 79.9. The zero-order valence-electron chi connectivity index (χ0n) is 9.23. The molecule has 2 aromatic carbocycles. The number of hydrogen-bond acceptors (Lipinski definition) is 1. The first-order valence-corrected chi connectivity index (χ1v) is 6.18. The van der Waals surface area contributed by atoms with E-state index < -0.39 is 0 Å². The first-order chi connectivity index (χ1) is 7.81. The molecule has 2 aromatic rings. The summed E-state index contributed by atoms with van der Waals surface area (Å²) in [5.74, 6) is 0. The van der Waals surface area contributed by atoms with Crippen LogP contribution in [-0.4, -0.2) is 6.54 Å². The lowest BCUT2D eigenvalue weighted by Gasteiger charge is -2.23. The molecule has 0 amide bonds. The van der Waals surface area contributed by atoms with Gasteiger partial charge in [0.1, 0.15) is 0 Å². The average molecular weight is 276 g/mol. The summed E-state index contributed by atoms with van der Waals surface area (Å²) in [4.78, 5) is 2.28. The fourth-order valence-corrected chi connectivity index (χ4v) is 2.01. The van der Waals surface area contributed by atoms with Crippen LogP contribution in [0.15, 0.2) is 59.1 Å². The average Bonchev–Trinajstić information content (AvgIpc) is 2.34. The fourth-order valence-electron chi connectivity index (χ4n) is 1.74. The van der Waals surface area contributed by atoms with E-state index in [1.54, 1.807) is 0 Å². The van der Waals surface area contributed by atoms with Crippen molar-refractivity contribution in [3.63, 3.8) is 0 Å². The van der Waals surface area contributed by atoms with Gasteiger partial charge in [-0.3, -0.25) is 0 Å². The van der Waals surface area contributed by atoms with Crippen molar-refractivity contribution in [2.45, 2.75) is 6.92 Å². The van der Waals surface area contributed by atoms with E-state index in [-0.39, 0.29) is 0 Å². The molecule has 0 saturated carbocycles. The van der Waals surface area contributed by atoms with Crippen molar-refractivity contribution in [2.75, 3.05) is 11.4 Å². The summed E-state index contributed by atoms with van der Waals surface area (Å²) in [6, 6.07) is 18.8. The van der Waals surface area contributed by atoms with Crippen LogP contribution in [0.3, 0.4) is 0 Å². The predicted octanol–water partition coefficient (Wildman–Crippen LogP) is 4.61. The molecular weight excluding hydrogens is 262 g/mol. The summed E-state index contributed by atoms with van der Waals surface area (Å²) < 4.78 is 1.11. The second-order valence-electron chi connectivity index (χ2n) is 3.56. The summed E-state index contributed by atoms with van der Waals surface area (Å²) in [6.45, 7) is 3.13. The monoisotopic (exact) mass is 275 g/mol. The molecule has 2 rings (SSSR count). The molecule has 0 radical (unpaired) electrons. The van der Waals surface area contributed by atoms with E-state index in [1.807, 2.05) is 6.07 Å². The van der Waals surface area contributed by atoms with Crippen molar-refractivity contribution >= 4 is 27.3 Å². The van der Waals surface area contributed by atoms with Gasteiger partial charge in [-0.2, -0.15) is 0 Å². The third-order valence-electron chi connectivity index (χ3n) is 2.52. The molecule has 0 N–H and O–H groups in total. The second kappa shape index (κ2) is 5.17. The Bertz CT molecular complexity index is 436. The largest absolute Gasteiger partial charge is 0.342 e. The van der Waals surface area contributed by atoms with E-state index in [1.165, 1.54) is 11.4 Å². The van der Waals surface area contributed by atoms with Gasteiger partial charge in [-0.05, 0) is 43.3 Å². The topological polar surface area (TPSA) is 3.24 Å². The number of para-hydroxylation sites is 1. The van der Waals surface area contributed by atoms with Crippen molar-refractivity contribution in [1.29, 1.82) is 0 Å². The lowest BCUT2D eigenvalue weighted by molar-refractivity contribution is 1.02. The maximum atomic E-state index is 3.45. The van der Waals surface area contributed by atoms with Crippen LogP contribution >= 0.6 is 15.9 Å². The molecule has 0 bridgehead atoms. The minimum absolute atomic E-state index is 0.964. The van der Waals surface area contributed by atoms with Crippen LogP contribution < -0.4 is 4.90 Å². The van der Waals surface area contributed by atoms with E-state index in [4.69, 9.17) is 0 Å². The summed E-state index contributed by atoms with van der Waals surface area (Å²) in [6.07, 6.45) is 0. The Kier molecular flexibility index (Phi) is 3.62. The molecule has 1 nitrogen and oxygen atoms in total. The van der Waals surface area contributed by atoms with Crippen LogP contribution in [0.2, 0.25) is 0 Å². The van der Waals surface area contributed by atoms with Gasteiger partial charge in [0.25, 0.3) is 0 Å². The summed E-state index contributed by atoms with van der Waals surface area (Å²) in [7, 11) is 0. The van der Waals surface area contributed by atoms with Crippen molar-refractivity contribution in [3.8, 4) is 0 Å². The molecule has 0 unspecified atom stereocenters. The Balaban J connectivity index is 2.33. The lowest BCUT2D eigenvalue weighted by atomic mass is 10.2. The number of hydrogen-bond donors (Lipinski definition) is 0. The minimum Gasteiger partial charge on any atom is -0.342 e. The van der Waals surface area contributed by atoms with E-state index in [0.29, 0.717) is 0 Å². The van der Waals surface area contributed by atoms with Gasteiger partial charge in [-0.1, -0.05) is 34.1 Å². The Labute approximate surface area is 105 Å². The molecule has 0 atom stereocenters. The van der Waals surface area contributed by atoms with Crippen molar-refractivity contribution in [2.24, 2.45) is 0 Å². The Morgan fingerprint density at radius 2 is 1.44 bits per heavy atom. The van der Waals surface area contributed by atoms with Gasteiger partial charge in [0, 0.05) is 22.4 Å². The normalized spacial score (nSPS) is 10.1. The molecule has 0 aromatic heterocycles. The van der Waals surface area contributed by atoms with Crippen LogP contribution in [0, 0.1) is 0 Å². The first kappa shape index (κ1) is 11.2. The van der Waals surface area contributed by atoms with E-state index in [9.17, 15) is 0 Å². The number of anilines is 2. The highest BCUT2D eigenvalue weighted by molar-refractivity contribution is 9.10. The summed E-state index contributed by atoms with van der Waals surface area (Å²) >= 11 is 3.45. The first-order valence-electron chi connectivity index (χ1n) is 5.39. The maximum Gasteiger partial charge on any atom is 0.0411 e. The van der Waals surface area contributed by atoms with Crippen molar-refractivity contribution < 1.29 is 0 Å². The van der Waals surface area contributed by atoms with Gasteiger partial charge in [0.05, 0.1) is 0 Å². The molecule has 0 heterocycles. The van der Waals surface area contributed by atoms with Crippen molar-refractivity contribution in [1.82, 2.24) is 0 Å². The molecule has 0 saturated heterocycles. The van der Waals surface area contributed by atoms with E-state index in [0.717, 1.165) is 11.0 Å². The van der Waals surface area contributed by atoms with Gasteiger partial charge in [-0.15, -0.1) is 0 Å². The Hall–Kier alpha value is -1.28. The van der Waals surface area contributed by atoms with Gasteiger partial charge in [0.15, 0.2) is 0 Å². The van der Waals surface area contributed by atoms with Crippen LogP contribution in [0.4, 0.5) is 11.4 Å². The molecule has 0 aliphatic rings. The Morgan fingerprint density at radius 3 is 2.00 bits per heavy atom. The molecule has 16 heavy (non-hydrogen) atoms. The quantitative estimate of drug-likeness (QED) is 0.791. The third-order valence-corrected chi connectivity index (χ3v) is 3.05. The SMILES string of the molecule is CCN(c1ccccc1)c1ccc(Br)cc1. The maximum absolute atomic E-state index is 3.45. The van der Waals surface area contributed by atoms with Crippen LogP contribution in [0.1, 0.15) is 6.92 Å². The number of rotatable bonds is 3. The molecule has 0 fully saturated rings. The molecule has 82 valence electrons. The smallest absolute Gasteiger partial charge is 0.0411 e. The summed E-state index contributed by atoms with van der Waals surface area (Å²) in [5.41, 5.74) is 2.45. The molecular formula is C14H14BrN. The fraction of sp³-hybridized carbons (Fsp3) is 0.143. The second-order valence-corrected chi connectivity index (χ2v) is 4.47. The van der Waals surface area contributed by atoms with Crippen molar-refractivity contribution in [3.05, 3.63) is 59.1 Å². The number of benzene rings is 2. The molecule has 0 aliphatic carbocycles. The molecule has 0 aliphatic heterocycles. The highest BCUT2D eigenvalue weighted by Gasteiger charge is 2.05. The zero-order valence-corrected chi connectivity index (χ0v) is 10.8. The van der Waals surface area contributed by atoms with Gasteiger partial charge >= 0.3 is 0 Å². The zero-order chi connectivity index (χ0) is 11.4. The van der Waals surface area contributed by atoms with Crippen LogP contribution in [0.25, 0.3) is 0 Å².